The van der Waals surface area contributed by atoms with Gasteiger partial charge in [0.25, 0.3) is 0 Å². The molecule has 0 radical (unpaired) electrons. The molecule has 2 aliphatic rings. The maximum absolute atomic E-state index is 13.2. The van der Waals surface area contributed by atoms with Crippen molar-refractivity contribution in [3.63, 3.8) is 0 Å². The molecule has 2 aromatic rings. The molecule has 196 valence electrons. The van der Waals surface area contributed by atoms with Gasteiger partial charge in [-0.1, -0.05) is 6.07 Å². The van der Waals surface area contributed by atoms with Crippen molar-refractivity contribution < 1.29 is 17.9 Å². The number of ether oxygens (including phenoxy) is 1. The van der Waals surface area contributed by atoms with Crippen LogP contribution in [-0.2, 0) is 27.9 Å². The van der Waals surface area contributed by atoms with Gasteiger partial charge in [-0.3, -0.25) is 9.69 Å². The lowest BCUT2D eigenvalue weighted by molar-refractivity contribution is -0.116. The van der Waals surface area contributed by atoms with Gasteiger partial charge in [0.05, 0.1) is 12.0 Å². The first-order chi connectivity index (χ1) is 17.1. The predicted octanol–water partition coefficient (Wildman–Crippen LogP) is 3.37. The monoisotopic (exact) mass is 514 g/mol. The number of fused-ring (bicyclic) bond motifs is 1. The van der Waals surface area contributed by atoms with Crippen molar-refractivity contribution in [1.29, 1.82) is 0 Å². The number of carbonyl (C=O) groups excluding carboxylic acids is 1. The number of piperidine rings is 1. The Kier molecular flexibility index (Phi) is 8.04. The molecule has 0 spiro atoms. The maximum atomic E-state index is 13.2. The number of amides is 1. The van der Waals surface area contributed by atoms with Crippen LogP contribution < -0.4 is 10.1 Å². The van der Waals surface area contributed by atoms with E-state index >= 15 is 0 Å². The number of nitrogens with zero attached hydrogens (tertiary/aromatic N) is 3. The molecule has 0 aliphatic carbocycles. The van der Waals surface area contributed by atoms with E-state index in [2.05, 4.69) is 34.3 Å². The molecule has 0 bridgehead atoms. The van der Waals surface area contributed by atoms with E-state index in [1.807, 2.05) is 6.07 Å². The lowest BCUT2D eigenvalue weighted by Crippen LogP contribution is -2.44. The van der Waals surface area contributed by atoms with Crippen molar-refractivity contribution in [2.45, 2.75) is 57.1 Å². The summed E-state index contributed by atoms with van der Waals surface area (Å²) in [5.74, 6) is 0.415. The van der Waals surface area contributed by atoms with Crippen molar-refractivity contribution in [2.24, 2.45) is 0 Å². The number of anilines is 1. The number of likely N-dealkylation sites (tertiary alicyclic amines) is 1. The predicted molar refractivity (Wildman–Crippen MR) is 142 cm³/mol. The summed E-state index contributed by atoms with van der Waals surface area (Å²) in [6, 6.07) is 10.1. The van der Waals surface area contributed by atoms with Gasteiger partial charge in [0.1, 0.15) is 5.75 Å². The molecule has 0 saturated carbocycles. The van der Waals surface area contributed by atoms with Gasteiger partial charge in [-0.05, 0) is 86.8 Å². The molecule has 1 atom stereocenters. The third-order valence-corrected chi connectivity index (χ3v) is 9.51. The van der Waals surface area contributed by atoms with Crippen molar-refractivity contribution in [3.8, 4) is 5.75 Å². The molecular weight excluding hydrogens is 476 g/mol. The van der Waals surface area contributed by atoms with Gasteiger partial charge in [0.15, 0.2) is 0 Å². The van der Waals surface area contributed by atoms with E-state index in [0.29, 0.717) is 22.9 Å². The number of benzene rings is 2. The zero-order valence-electron chi connectivity index (χ0n) is 22.0. The van der Waals surface area contributed by atoms with Gasteiger partial charge in [-0.2, -0.15) is 0 Å². The van der Waals surface area contributed by atoms with Crippen molar-refractivity contribution in [2.75, 3.05) is 46.2 Å². The second-order valence-electron chi connectivity index (χ2n) is 10.2. The minimum atomic E-state index is -3.73. The van der Waals surface area contributed by atoms with Crippen molar-refractivity contribution in [3.05, 3.63) is 52.6 Å². The number of sulfonamides is 1. The Morgan fingerprint density at radius 1 is 1.14 bits per heavy atom. The van der Waals surface area contributed by atoms with E-state index < -0.39 is 10.0 Å². The lowest BCUT2D eigenvalue weighted by atomic mass is 10.1. The second-order valence-corrected chi connectivity index (χ2v) is 12.1. The highest BCUT2D eigenvalue weighted by Crippen LogP contribution is 2.30. The number of likely N-dealkylation sites (N-methyl/N-ethyl adjacent to an activating group) is 1. The smallest absolute Gasteiger partial charge is 0.243 e. The zero-order valence-corrected chi connectivity index (χ0v) is 22.8. The van der Waals surface area contributed by atoms with Crippen LogP contribution in [0.2, 0.25) is 0 Å². The van der Waals surface area contributed by atoms with E-state index in [1.54, 1.807) is 33.1 Å². The Balaban J connectivity index is 1.34. The molecule has 2 aliphatic heterocycles. The van der Waals surface area contributed by atoms with E-state index in [9.17, 15) is 13.2 Å². The Labute approximate surface area is 215 Å². The molecule has 0 aromatic heterocycles. The Morgan fingerprint density at radius 3 is 2.50 bits per heavy atom. The molecule has 1 fully saturated rings. The molecule has 1 N–H and O–H groups in total. The number of hydrogen-bond acceptors (Lipinski definition) is 6. The summed E-state index contributed by atoms with van der Waals surface area (Å²) in [6.45, 7) is 7.72. The molecule has 2 heterocycles. The second kappa shape index (κ2) is 10.9. The van der Waals surface area contributed by atoms with E-state index in [0.717, 1.165) is 25.3 Å². The normalized spacial score (nSPS) is 18.9. The summed E-state index contributed by atoms with van der Waals surface area (Å²) in [7, 11) is 1.52. The Morgan fingerprint density at radius 2 is 1.83 bits per heavy atom. The highest BCUT2D eigenvalue weighted by atomic mass is 32.2. The Bertz CT molecular complexity index is 1210. The van der Waals surface area contributed by atoms with E-state index in [4.69, 9.17) is 4.74 Å². The fourth-order valence-electron chi connectivity index (χ4n) is 5.39. The standard InChI is InChI=1S/C27H38N4O4S/c1-19-13-25(35-5)14-20(2)27(19)36(33,34)30(4)12-10-26(32)28-23-9-8-21-16-31(17-22(21)15-23)24-7-6-11-29(3)18-24/h8-9,13-15,24H,6-7,10-12,16-18H2,1-5H3,(H,28,32). The van der Waals surface area contributed by atoms with Gasteiger partial charge < -0.3 is 15.0 Å². The van der Waals surface area contributed by atoms with Gasteiger partial charge in [0.2, 0.25) is 15.9 Å². The SMILES string of the molecule is COc1cc(C)c(S(=O)(=O)N(C)CCC(=O)Nc2ccc3c(c2)CN(C2CCCN(C)C2)C3)c(C)c1. The van der Waals surface area contributed by atoms with Crippen LogP contribution in [0.5, 0.6) is 5.75 Å². The molecule has 4 rings (SSSR count). The third-order valence-electron chi connectivity index (χ3n) is 7.34. The van der Waals surface area contributed by atoms with Gasteiger partial charge in [-0.25, -0.2) is 12.7 Å². The molecular formula is C27H38N4O4S. The zero-order chi connectivity index (χ0) is 26.0. The average Bonchev–Trinajstić information content (AvgIpc) is 3.25. The molecule has 36 heavy (non-hydrogen) atoms. The van der Waals surface area contributed by atoms with Crippen LogP contribution in [0.1, 0.15) is 41.5 Å². The summed E-state index contributed by atoms with van der Waals surface area (Å²) in [6.07, 6.45) is 2.53. The van der Waals surface area contributed by atoms with Crippen LogP contribution in [0, 0.1) is 13.8 Å². The minimum absolute atomic E-state index is 0.0710. The lowest BCUT2D eigenvalue weighted by Gasteiger charge is -2.35. The first-order valence-corrected chi connectivity index (χ1v) is 14.0. The number of nitrogens with one attached hydrogen (secondary N) is 1. The highest BCUT2D eigenvalue weighted by molar-refractivity contribution is 7.89. The van der Waals surface area contributed by atoms with Gasteiger partial charge >= 0.3 is 0 Å². The Hall–Kier alpha value is -2.46. The van der Waals surface area contributed by atoms with Crippen LogP contribution in [0.3, 0.4) is 0 Å². The number of rotatable bonds is 8. The van der Waals surface area contributed by atoms with Crippen LogP contribution in [0.15, 0.2) is 35.2 Å². The summed E-state index contributed by atoms with van der Waals surface area (Å²) in [5, 5.41) is 2.95. The first-order valence-electron chi connectivity index (χ1n) is 12.5. The molecule has 9 heteroatoms. The summed E-state index contributed by atoms with van der Waals surface area (Å²) in [4.78, 5) is 17.9. The summed E-state index contributed by atoms with van der Waals surface area (Å²) < 4.78 is 32.9. The molecule has 1 saturated heterocycles. The average molecular weight is 515 g/mol. The topological polar surface area (TPSA) is 82.2 Å². The van der Waals surface area contributed by atoms with E-state index in [1.165, 1.54) is 41.9 Å². The maximum Gasteiger partial charge on any atom is 0.243 e. The van der Waals surface area contributed by atoms with Crippen LogP contribution >= 0.6 is 0 Å². The largest absolute Gasteiger partial charge is 0.497 e. The first kappa shape index (κ1) is 26.6. The van der Waals surface area contributed by atoms with Gasteiger partial charge in [0, 0.05) is 51.4 Å². The number of carbonyl (C=O) groups is 1. The summed E-state index contributed by atoms with van der Waals surface area (Å²) in [5.41, 5.74) is 4.57. The van der Waals surface area contributed by atoms with Gasteiger partial charge in [-0.15, -0.1) is 0 Å². The van der Waals surface area contributed by atoms with Crippen molar-refractivity contribution in [1.82, 2.24) is 14.1 Å². The van der Waals surface area contributed by atoms with Crippen LogP contribution in [0.25, 0.3) is 0 Å². The fraction of sp³-hybridized carbons (Fsp3) is 0.519. The van der Waals surface area contributed by atoms with E-state index in [-0.39, 0.29) is 23.8 Å². The number of hydrogen-bond donors (Lipinski definition) is 1. The van der Waals surface area contributed by atoms with Crippen LogP contribution in [-0.4, -0.2) is 75.3 Å². The van der Waals surface area contributed by atoms with Crippen LogP contribution in [0.4, 0.5) is 5.69 Å². The number of methoxy groups -OCH3 is 1. The molecule has 1 amide bonds. The summed E-state index contributed by atoms with van der Waals surface area (Å²) >= 11 is 0. The number of aryl methyl sites for hydroxylation is 2. The highest BCUT2D eigenvalue weighted by Gasteiger charge is 2.29. The third kappa shape index (κ3) is 5.75. The molecule has 8 nitrogen and oxygen atoms in total. The molecule has 2 aromatic carbocycles. The quantitative estimate of drug-likeness (QED) is 0.582. The fourth-order valence-corrected chi connectivity index (χ4v) is 6.96. The minimum Gasteiger partial charge on any atom is -0.497 e. The molecule has 1 unspecified atom stereocenters. The van der Waals surface area contributed by atoms with Crippen molar-refractivity contribution >= 4 is 21.6 Å².